The fourth-order valence-corrected chi connectivity index (χ4v) is 2.25. The van der Waals surface area contributed by atoms with Crippen LogP contribution >= 0.6 is 11.3 Å². The van der Waals surface area contributed by atoms with Gasteiger partial charge in [0.1, 0.15) is 0 Å². The molecule has 19 heavy (non-hydrogen) atoms. The summed E-state index contributed by atoms with van der Waals surface area (Å²) in [5.41, 5.74) is 0.958. The molecule has 0 fully saturated rings. The summed E-state index contributed by atoms with van der Waals surface area (Å²) in [6, 6.07) is 3.49. The fourth-order valence-electron chi connectivity index (χ4n) is 1.44. The zero-order valence-electron chi connectivity index (χ0n) is 10.9. The molecule has 2 rings (SSSR count). The minimum Gasteiger partial charge on any atom is -0.334 e. The predicted octanol–water partition coefficient (Wildman–Crippen LogP) is 2.98. The third-order valence-corrected chi connectivity index (χ3v) is 3.70. The van der Waals surface area contributed by atoms with Crippen LogP contribution in [0.15, 0.2) is 30.7 Å². The molecule has 2 amide bonds. The Kier molecular flexibility index (Phi) is 4.46. The van der Waals surface area contributed by atoms with E-state index in [4.69, 9.17) is 0 Å². The smallest absolute Gasteiger partial charge is 0.321 e. The van der Waals surface area contributed by atoms with Gasteiger partial charge in [0.25, 0.3) is 0 Å². The molecule has 0 unspecified atom stereocenters. The Morgan fingerprint density at radius 3 is 2.89 bits per heavy atom. The maximum absolute atomic E-state index is 11.7. The molecule has 0 aliphatic rings. The number of anilines is 1. The Bertz CT molecular complexity index is 539. The number of thiazole rings is 1. The van der Waals surface area contributed by atoms with Gasteiger partial charge in [0, 0.05) is 30.0 Å². The number of aromatic nitrogens is 2. The van der Waals surface area contributed by atoms with Gasteiger partial charge in [0.2, 0.25) is 0 Å². The van der Waals surface area contributed by atoms with Crippen LogP contribution in [0.25, 0.3) is 0 Å². The highest BCUT2D eigenvalue weighted by Crippen LogP contribution is 2.24. The second kappa shape index (κ2) is 6.29. The summed E-state index contributed by atoms with van der Waals surface area (Å²) >= 11 is 1.50. The molecule has 2 heterocycles. The molecule has 0 spiro atoms. The van der Waals surface area contributed by atoms with E-state index in [1.54, 1.807) is 18.6 Å². The van der Waals surface area contributed by atoms with Gasteiger partial charge in [-0.1, -0.05) is 19.9 Å². The zero-order valence-corrected chi connectivity index (χ0v) is 11.7. The Morgan fingerprint density at radius 1 is 1.42 bits per heavy atom. The number of carbonyl (C=O) groups excluding carboxylic acids is 1. The lowest BCUT2D eigenvalue weighted by Gasteiger charge is -2.04. The number of urea groups is 1. The zero-order chi connectivity index (χ0) is 13.7. The minimum absolute atomic E-state index is 0.256. The Labute approximate surface area is 116 Å². The van der Waals surface area contributed by atoms with Gasteiger partial charge < -0.3 is 5.32 Å². The van der Waals surface area contributed by atoms with Crippen molar-refractivity contribution in [2.45, 2.75) is 26.3 Å². The number of nitrogens with one attached hydrogen (secondary N) is 2. The SMILES string of the molecule is CC(C)c1cnc(NC(=O)NCc2cccnc2)s1. The third kappa shape index (κ3) is 4.03. The van der Waals surface area contributed by atoms with Gasteiger partial charge in [-0.2, -0.15) is 0 Å². The highest BCUT2D eigenvalue weighted by Gasteiger charge is 2.08. The molecule has 0 atom stereocenters. The predicted molar refractivity (Wildman–Crippen MR) is 76.3 cm³/mol. The summed E-state index contributed by atoms with van der Waals surface area (Å²) in [6.45, 7) is 4.64. The van der Waals surface area contributed by atoms with Crippen LogP contribution in [-0.2, 0) is 6.54 Å². The molecule has 0 bridgehead atoms. The largest absolute Gasteiger partial charge is 0.334 e. The summed E-state index contributed by atoms with van der Waals surface area (Å²) in [4.78, 5) is 21.0. The molecule has 0 aromatic carbocycles. The first-order valence-corrected chi connectivity index (χ1v) is 6.86. The summed E-state index contributed by atoms with van der Waals surface area (Å²) in [5, 5.41) is 6.10. The number of hydrogen-bond donors (Lipinski definition) is 2. The van der Waals surface area contributed by atoms with E-state index in [1.807, 2.05) is 12.1 Å². The molecular weight excluding hydrogens is 260 g/mol. The van der Waals surface area contributed by atoms with Crippen LogP contribution in [0, 0.1) is 0 Å². The number of amides is 2. The van der Waals surface area contributed by atoms with E-state index < -0.39 is 0 Å². The van der Waals surface area contributed by atoms with Gasteiger partial charge in [-0.05, 0) is 17.5 Å². The molecular formula is C13H16N4OS. The van der Waals surface area contributed by atoms with Crippen molar-refractivity contribution in [1.82, 2.24) is 15.3 Å². The fraction of sp³-hybridized carbons (Fsp3) is 0.308. The van der Waals surface area contributed by atoms with Gasteiger partial charge >= 0.3 is 6.03 Å². The van der Waals surface area contributed by atoms with Crippen molar-refractivity contribution in [2.24, 2.45) is 0 Å². The van der Waals surface area contributed by atoms with Crippen molar-refractivity contribution in [3.05, 3.63) is 41.2 Å². The van der Waals surface area contributed by atoms with Crippen molar-refractivity contribution in [3.8, 4) is 0 Å². The Hall–Kier alpha value is -1.95. The highest BCUT2D eigenvalue weighted by atomic mass is 32.1. The molecule has 6 heteroatoms. The monoisotopic (exact) mass is 276 g/mol. The molecule has 2 N–H and O–H groups in total. The summed E-state index contributed by atoms with van der Waals surface area (Å²) < 4.78 is 0. The molecule has 2 aromatic heterocycles. The van der Waals surface area contributed by atoms with Crippen LogP contribution in [-0.4, -0.2) is 16.0 Å². The van der Waals surface area contributed by atoms with E-state index in [9.17, 15) is 4.79 Å². The van der Waals surface area contributed by atoms with E-state index in [1.165, 1.54) is 11.3 Å². The number of rotatable bonds is 4. The number of pyridine rings is 1. The molecule has 0 aliphatic heterocycles. The first-order chi connectivity index (χ1) is 9.15. The lowest BCUT2D eigenvalue weighted by Crippen LogP contribution is -2.28. The first-order valence-electron chi connectivity index (χ1n) is 6.04. The molecule has 5 nitrogen and oxygen atoms in total. The molecule has 0 aliphatic carbocycles. The van der Waals surface area contributed by atoms with E-state index >= 15 is 0 Å². The van der Waals surface area contributed by atoms with Crippen LogP contribution in [0.2, 0.25) is 0 Å². The molecule has 100 valence electrons. The summed E-state index contributed by atoms with van der Waals surface area (Å²) in [5.74, 6) is 0.423. The minimum atomic E-state index is -0.256. The average Bonchev–Trinajstić information content (AvgIpc) is 2.86. The van der Waals surface area contributed by atoms with Crippen molar-refractivity contribution in [1.29, 1.82) is 0 Å². The van der Waals surface area contributed by atoms with Crippen LogP contribution in [0.4, 0.5) is 9.93 Å². The van der Waals surface area contributed by atoms with Crippen LogP contribution in [0.3, 0.4) is 0 Å². The maximum Gasteiger partial charge on any atom is 0.321 e. The number of carbonyl (C=O) groups is 1. The Balaban J connectivity index is 1.84. The molecule has 2 aromatic rings. The summed E-state index contributed by atoms with van der Waals surface area (Å²) in [6.07, 6.45) is 5.22. The van der Waals surface area contributed by atoms with E-state index in [2.05, 4.69) is 34.4 Å². The van der Waals surface area contributed by atoms with Crippen molar-refractivity contribution >= 4 is 22.5 Å². The van der Waals surface area contributed by atoms with Crippen molar-refractivity contribution in [2.75, 3.05) is 5.32 Å². The third-order valence-electron chi connectivity index (χ3n) is 2.49. The van der Waals surface area contributed by atoms with Crippen molar-refractivity contribution < 1.29 is 4.79 Å². The number of hydrogen-bond acceptors (Lipinski definition) is 4. The molecule has 0 saturated carbocycles. The first kappa shape index (κ1) is 13.5. The van der Waals surface area contributed by atoms with E-state index in [-0.39, 0.29) is 6.03 Å². The topological polar surface area (TPSA) is 66.9 Å². The van der Waals surface area contributed by atoms with Gasteiger partial charge in [-0.15, -0.1) is 11.3 Å². The maximum atomic E-state index is 11.7. The second-order valence-electron chi connectivity index (χ2n) is 4.39. The molecule has 0 radical (unpaired) electrons. The summed E-state index contributed by atoms with van der Waals surface area (Å²) in [7, 11) is 0. The quantitative estimate of drug-likeness (QED) is 0.902. The van der Waals surface area contributed by atoms with E-state index in [0.717, 1.165) is 10.4 Å². The van der Waals surface area contributed by atoms with Crippen molar-refractivity contribution in [3.63, 3.8) is 0 Å². The normalized spacial score (nSPS) is 10.5. The lowest BCUT2D eigenvalue weighted by atomic mass is 10.2. The molecule has 0 saturated heterocycles. The Morgan fingerprint density at radius 2 is 2.26 bits per heavy atom. The number of nitrogens with zero attached hydrogens (tertiary/aromatic N) is 2. The van der Waals surface area contributed by atoms with Crippen LogP contribution in [0.5, 0.6) is 0 Å². The standard InChI is InChI=1S/C13H16N4OS/c1-9(2)11-8-16-13(19-11)17-12(18)15-7-10-4-3-5-14-6-10/h3-6,8-9H,7H2,1-2H3,(H2,15,16,17,18). The van der Waals surface area contributed by atoms with Gasteiger partial charge in [0.05, 0.1) is 0 Å². The van der Waals surface area contributed by atoms with Crippen LogP contribution < -0.4 is 10.6 Å². The van der Waals surface area contributed by atoms with Gasteiger partial charge in [-0.25, -0.2) is 9.78 Å². The van der Waals surface area contributed by atoms with Gasteiger partial charge in [-0.3, -0.25) is 10.3 Å². The van der Waals surface area contributed by atoms with Crippen LogP contribution in [0.1, 0.15) is 30.2 Å². The van der Waals surface area contributed by atoms with Gasteiger partial charge in [0.15, 0.2) is 5.13 Å². The average molecular weight is 276 g/mol. The highest BCUT2D eigenvalue weighted by molar-refractivity contribution is 7.15. The van der Waals surface area contributed by atoms with E-state index in [0.29, 0.717) is 17.6 Å². The lowest BCUT2D eigenvalue weighted by molar-refractivity contribution is 0.251. The second-order valence-corrected chi connectivity index (χ2v) is 5.45.